The number of halogens is 2. The standard InChI is InChI=1S/C10H5ClN2O2.C8H4ClNO3/c11-9-2-6-5(4-13-9)1-8(14)7(3-12)10(6)15;9-6-2-5-4(3-10-6)1-7(11)13-8(5)12/h2,4,15H,1H2;2-3H,1H2. The molecule has 140 valence electrons. The molecule has 0 spiro atoms. The molecule has 0 atom stereocenters. The smallest absolute Gasteiger partial charge is 0.346 e. The molecule has 0 unspecified atom stereocenters. The number of aliphatic hydroxyl groups excluding tert-OH is 1. The molecule has 2 aromatic rings. The Hall–Kier alpha value is -3.28. The van der Waals surface area contributed by atoms with Crippen LogP contribution in [-0.4, -0.2) is 32.8 Å². The number of nitrogens with zero attached hydrogens (tertiary/aromatic N) is 3. The van der Waals surface area contributed by atoms with Crippen LogP contribution in [0.5, 0.6) is 0 Å². The van der Waals surface area contributed by atoms with Gasteiger partial charge in [-0.2, -0.15) is 5.26 Å². The van der Waals surface area contributed by atoms with Crippen molar-refractivity contribution in [2.45, 2.75) is 12.8 Å². The van der Waals surface area contributed by atoms with Crippen LogP contribution in [0.2, 0.25) is 10.3 Å². The number of hydrogen-bond acceptors (Lipinski definition) is 8. The van der Waals surface area contributed by atoms with E-state index in [0.29, 0.717) is 22.3 Å². The van der Waals surface area contributed by atoms with Crippen LogP contribution < -0.4 is 0 Å². The topological polar surface area (TPSA) is 130 Å². The summed E-state index contributed by atoms with van der Waals surface area (Å²) in [5, 5.41) is 18.8. The number of pyridine rings is 2. The molecule has 8 nitrogen and oxygen atoms in total. The van der Waals surface area contributed by atoms with E-state index in [9.17, 15) is 19.5 Å². The van der Waals surface area contributed by atoms with Crippen LogP contribution in [-0.2, 0) is 27.2 Å². The molecule has 0 amide bonds. The Morgan fingerprint density at radius 2 is 1.57 bits per heavy atom. The minimum Gasteiger partial charge on any atom is -0.506 e. The van der Waals surface area contributed by atoms with Crippen LogP contribution in [0.25, 0.3) is 5.76 Å². The quantitative estimate of drug-likeness (QED) is 0.393. The lowest BCUT2D eigenvalue weighted by atomic mass is 9.92. The van der Waals surface area contributed by atoms with E-state index < -0.39 is 17.7 Å². The van der Waals surface area contributed by atoms with Gasteiger partial charge in [-0.25, -0.2) is 14.8 Å². The molecule has 0 fully saturated rings. The minimum absolute atomic E-state index is 0.0746. The van der Waals surface area contributed by atoms with Gasteiger partial charge in [0.1, 0.15) is 27.7 Å². The molecule has 1 aliphatic heterocycles. The van der Waals surface area contributed by atoms with E-state index in [0.717, 1.165) is 0 Å². The fraction of sp³-hybridized carbons (Fsp3) is 0.111. The number of carbonyl (C=O) groups is 3. The van der Waals surface area contributed by atoms with E-state index >= 15 is 0 Å². The number of ketones is 1. The Balaban J connectivity index is 0.000000162. The molecular formula is C18H9Cl2N3O5. The number of rotatable bonds is 0. The number of hydrogen-bond donors (Lipinski definition) is 1. The first-order valence-electron chi connectivity index (χ1n) is 7.71. The van der Waals surface area contributed by atoms with E-state index in [1.54, 1.807) is 6.07 Å². The molecule has 0 bridgehead atoms. The number of fused-ring (bicyclic) bond motifs is 2. The van der Waals surface area contributed by atoms with E-state index in [2.05, 4.69) is 14.7 Å². The van der Waals surface area contributed by atoms with Gasteiger partial charge in [-0.15, -0.1) is 0 Å². The average molecular weight is 418 g/mol. The van der Waals surface area contributed by atoms with Gasteiger partial charge in [-0.05, 0) is 23.3 Å². The summed E-state index contributed by atoms with van der Waals surface area (Å²) in [6, 6.07) is 4.52. The maximum atomic E-state index is 11.4. The summed E-state index contributed by atoms with van der Waals surface area (Å²) in [5.74, 6) is -1.92. The lowest BCUT2D eigenvalue weighted by molar-refractivity contribution is -0.137. The summed E-state index contributed by atoms with van der Waals surface area (Å²) in [6.45, 7) is 0. The van der Waals surface area contributed by atoms with Crippen LogP contribution in [0.4, 0.5) is 0 Å². The van der Waals surface area contributed by atoms with Crippen molar-refractivity contribution in [1.82, 2.24) is 9.97 Å². The third kappa shape index (κ3) is 3.86. The molecule has 1 aliphatic carbocycles. The Morgan fingerprint density at radius 3 is 2.18 bits per heavy atom. The van der Waals surface area contributed by atoms with Gasteiger partial charge in [-0.3, -0.25) is 9.59 Å². The zero-order valence-corrected chi connectivity index (χ0v) is 15.4. The maximum Gasteiger partial charge on any atom is 0.346 e. The van der Waals surface area contributed by atoms with Gasteiger partial charge < -0.3 is 9.84 Å². The number of allylic oxidation sites excluding steroid dienone is 1. The minimum atomic E-state index is -0.657. The summed E-state index contributed by atoms with van der Waals surface area (Å²) in [4.78, 5) is 40.9. The molecule has 0 radical (unpaired) electrons. The lowest BCUT2D eigenvalue weighted by Crippen LogP contribution is -2.22. The second-order valence-electron chi connectivity index (χ2n) is 5.70. The van der Waals surface area contributed by atoms with Crippen molar-refractivity contribution in [1.29, 1.82) is 5.26 Å². The number of aliphatic hydroxyl groups is 1. The largest absolute Gasteiger partial charge is 0.506 e. The van der Waals surface area contributed by atoms with Gasteiger partial charge in [0.15, 0.2) is 5.78 Å². The first-order chi connectivity index (χ1) is 13.3. The molecule has 10 heteroatoms. The highest BCUT2D eigenvalue weighted by Crippen LogP contribution is 2.28. The van der Waals surface area contributed by atoms with E-state index in [1.807, 2.05) is 0 Å². The summed E-state index contributed by atoms with van der Waals surface area (Å²) in [5.41, 5.74) is 1.65. The SMILES string of the molecule is N#CC1=C(O)c2cc(Cl)ncc2CC1=O.O=C1Cc2cnc(Cl)cc2C(=O)O1. The lowest BCUT2D eigenvalue weighted by Gasteiger charge is -2.14. The molecule has 4 rings (SSSR count). The monoisotopic (exact) mass is 417 g/mol. The fourth-order valence-corrected chi connectivity index (χ4v) is 2.92. The Kier molecular flexibility index (Phi) is 5.40. The number of esters is 2. The van der Waals surface area contributed by atoms with Crippen molar-refractivity contribution in [3.05, 3.63) is 62.7 Å². The van der Waals surface area contributed by atoms with Gasteiger partial charge in [-0.1, -0.05) is 23.2 Å². The number of cyclic esters (lactones) is 2. The Morgan fingerprint density at radius 1 is 1.00 bits per heavy atom. The number of nitriles is 1. The van der Waals surface area contributed by atoms with Gasteiger partial charge in [0.2, 0.25) is 0 Å². The number of Topliss-reactive ketones (excluding diaryl/α,β-unsaturated/α-hetero) is 1. The van der Waals surface area contributed by atoms with Gasteiger partial charge in [0, 0.05) is 24.4 Å². The molecule has 3 heterocycles. The predicted octanol–water partition coefficient (Wildman–Crippen LogP) is 2.63. The molecule has 28 heavy (non-hydrogen) atoms. The molecule has 0 saturated heterocycles. The Labute approximate surface area is 168 Å². The molecule has 2 aromatic heterocycles. The zero-order chi connectivity index (χ0) is 20.4. The second kappa shape index (κ2) is 7.76. The van der Waals surface area contributed by atoms with Crippen molar-refractivity contribution in [2.24, 2.45) is 0 Å². The summed E-state index contributed by atoms with van der Waals surface area (Å²) in [7, 11) is 0. The van der Waals surface area contributed by atoms with Crippen LogP contribution in [0.1, 0.15) is 27.0 Å². The predicted molar refractivity (Wildman–Crippen MR) is 96.5 cm³/mol. The van der Waals surface area contributed by atoms with Crippen LogP contribution in [0.3, 0.4) is 0 Å². The molecule has 0 aromatic carbocycles. The highest BCUT2D eigenvalue weighted by atomic mass is 35.5. The number of carbonyl (C=O) groups excluding carboxylic acids is 3. The summed E-state index contributed by atoms with van der Waals surface area (Å²) in [6.07, 6.45) is 2.99. The third-order valence-corrected chi connectivity index (χ3v) is 4.31. The maximum absolute atomic E-state index is 11.4. The Bertz CT molecular complexity index is 1100. The van der Waals surface area contributed by atoms with E-state index in [1.165, 1.54) is 24.5 Å². The van der Waals surface area contributed by atoms with Crippen molar-refractivity contribution in [3.8, 4) is 6.07 Å². The highest BCUT2D eigenvalue weighted by molar-refractivity contribution is 6.30. The summed E-state index contributed by atoms with van der Waals surface area (Å²) < 4.78 is 4.40. The normalized spacial score (nSPS) is 15.0. The molecular weight excluding hydrogens is 409 g/mol. The van der Waals surface area contributed by atoms with E-state index in [-0.39, 0.29) is 34.5 Å². The van der Waals surface area contributed by atoms with Crippen LogP contribution in [0.15, 0.2) is 30.1 Å². The van der Waals surface area contributed by atoms with Gasteiger partial charge in [0.25, 0.3) is 0 Å². The number of aromatic nitrogens is 2. The molecule has 1 N–H and O–H groups in total. The van der Waals surface area contributed by atoms with Crippen LogP contribution >= 0.6 is 23.2 Å². The summed E-state index contributed by atoms with van der Waals surface area (Å²) >= 11 is 11.2. The highest BCUT2D eigenvalue weighted by Gasteiger charge is 2.26. The average Bonchev–Trinajstić information content (AvgIpc) is 2.64. The van der Waals surface area contributed by atoms with Crippen molar-refractivity contribution >= 4 is 46.7 Å². The van der Waals surface area contributed by atoms with E-state index in [4.69, 9.17) is 28.5 Å². The second-order valence-corrected chi connectivity index (χ2v) is 6.48. The van der Waals surface area contributed by atoms with Gasteiger partial charge in [0.05, 0.1) is 12.0 Å². The first-order valence-corrected chi connectivity index (χ1v) is 8.46. The van der Waals surface area contributed by atoms with Crippen molar-refractivity contribution in [3.63, 3.8) is 0 Å². The van der Waals surface area contributed by atoms with Crippen molar-refractivity contribution < 1.29 is 24.2 Å². The fourth-order valence-electron chi connectivity index (χ4n) is 2.60. The first kappa shape index (κ1) is 19.5. The number of ether oxygens (including phenoxy) is 1. The molecule has 0 saturated carbocycles. The molecule has 2 aliphatic rings. The van der Waals surface area contributed by atoms with Gasteiger partial charge >= 0.3 is 11.9 Å². The van der Waals surface area contributed by atoms with Crippen molar-refractivity contribution in [2.75, 3.05) is 0 Å². The van der Waals surface area contributed by atoms with Crippen LogP contribution in [0, 0.1) is 11.3 Å². The third-order valence-electron chi connectivity index (χ3n) is 3.90. The zero-order valence-electron chi connectivity index (χ0n) is 13.9.